The van der Waals surface area contributed by atoms with Gasteiger partial charge in [-0.25, -0.2) is 0 Å². The Bertz CT molecular complexity index is 2580. The number of hydrogen-bond donors (Lipinski definition) is 0. The highest BCUT2D eigenvalue weighted by atomic mass is 35.5. The zero-order valence-electron chi connectivity index (χ0n) is 31.4. The van der Waals surface area contributed by atoms with Crippen molar-refractivity contribution in [1.29, 1.82) is 0 Å². The minimum Gasteiger partial charge on any atom is -0.494 e. The van der Waals surface area contributed by atoms with Crippen LogP contribution >= 0.6 is 23.2 Å². The summed E-state index contributed by atoms with van der Waals surface area (Å²) in [4.78, 5) is 17.2. The topological polar surface area (TPSA) is 75.0 Å². The van der Waals surface area contributed by atoms with Crippen molar-refractivity contribution in [2.45, 2.75) is 53.5 Å². The number of ether oxygens (including phenoxy) is 1. The predicted octanol–water partition coefficient (Wildman–Crippen LogP) is 9.71. The number of carbonyl (C=O) groups is 1. The molecule has 53 heavy (non-hydrogen) atoms. The molecule has 0 N–H and O–H groups in total. The van der Waals surface area contributed by atoms with Crippen molar-refractivity contribution < 1.29 is 9.53 Å². The average molecular weight is 749 g/mol. The van der Waals surface area contributed by atoms with Crippen molar-refractivity contribution in [3.8, 4) is 28.0 Å². The van der Waals surface area contributed by atoms with Crippen LogP contribution in [0, 0.1) is 27.7 Å². The highest BCUT2D eigenvalue weighted by Crippen LogP contribution is 2.46. The fraction of sp³-hybridized carbons (Fsp3) is 0.310. The third-order valence-electron chi connectivity index (χ3n) is 10.9. The number of hydrogen-bond acceptors (Lipinski definition) is 4. The zero-order chi connectivity index (χ0) is 37.5. The lowest BCUT2D eigenvalue weighted by atomic mass is 9.98. The Hall–Kier alpha value is -4.99. The quantitative estimate of drug-likeness (QED) is 0.145. The van der Waals surface area contributed by atoms with E-state index in [4.69, 9.17) is 33.0 Å². The van der Waals surface area contributed by atoms with Gasteiger partial charge in [-0.15, -0.1) is 0 Å². The Morgan fingerprint density at radius 3 is 2.34 bits per heavy atom. The summed E-state index contributed by atoms with van der Waals surface area (Å²) in [6, 6.07) is 14.4. The lowest BCUT2D eigenvalue weighted by Gasteiger charge is -2.34. The maximum absolute atomic E-state index is 15.2. The van der Waals surface area contributed by atoms with Gasteiger partial charge in [0, 0.05) is 89.8 Å². The SMILES string of the molecule is Cc1cc(OCCCc2c3n(c4c(-c5c(C)nn(C)c5C)c(Cl)ccc24)[C@H](C)CN(c2cn(C)c4ccc(-c5cnn(C)c5)cc24)C3=O)cc(C)c1Cl. The van der Waals surface area contributed by atoms with E-state index in [0.29, 0.717) is 36.7 Å². The van der Waals surface area contributed by atoms with Crippen molar-refractivity contribution in [3.05, 3.63) is 105 Å². The van der Waals surface area contributed by atoms with Crippen LogP contribution in [0.5, 0.6) is 5.75 Å². The molecule has 1 aliphatic heterocycles. The standard InChI is InChI=1S/C42H43Cl2N7O2/c1-23-16-30(17-24(2)39(23)44)53-15-9-10-31-32-12-13-34(43)38(37-26(4)46-49(8)27(37)5)40(32)51-25(3)20-50(42(52)41(31)51)36-22-47(6)35-14-11-28(18-33(35)36)29-19-45-48(7)21-29/h11-14,16-19,21-22,25H,9-10,15,20H2,1-8H3/t25-/m1/s1. The Morgan fingerprint density at radius 1 is 0.906 bits per heavy atom. The van der Waals surface area contributed by atoms with Crippen LogP contribution in [0.3, 0.4) is 0 Å². The largest absolute Gasteiger partial charge is 0.494 e. The van der Waals surface area contributed by atoms with Crippen LogP contribution in [0.25, 0.3) is 44.1 Å². The first-order valence-electron chi connectivity index (χ1n) is 18.0. The Labute approximate surface area is 319 Å². The number of carbonyl (C=O) groups excluding carboxylic acids is 1. The molecule has 8 rings (SSSR count). The van der Waals surface area contributed by atoms with Gasteiger partial charge in [0.25, 0.3) is 5.91 Å². The number of aromatic nitrogens is 6. The number of nitrogens with zero attached hydrogens (tertiary/aromatic N) is 7. The molecule has 0 spiro atoms. The number of anilines is 1. The molecule has 1 amide bonds. The van der Waals surface area contributed by atoms with Crippen LogP contribution < -0.4 is 9.64 Å². The summed E-state index contributed by atoms with van der Waals surface area (Å²) < 4.78 is 14.3. The first kappa shape index (κ1) is 35.1. The fourth-order valence-corrected chi connectivity index (χ4v) is 8.63. The van der Waals surface area contributed by atoms with Crippen molar-refractivity contribution in [2.75, 3.05) is 18.1 Å². The fourth-order valence-electron chi connectivity index (χ4n) is 8.27. The molecule has 0 saturated heterocycles. The van der Waals surface area contributed by atoms with Gasteiger partial charge in [-0.05, 0) is 100 Å². The molecule has 0 aliphatic carbocycles. The highest BCUT2D eigenvalue weighted by molar-refractivity contribution is 6.35. The van der Waals surface area contributed by atoms with Crippen LogP contribution in [0.4, 0.5) is 5.69 Å². The summed E-state index contributed by atoms with van der Waals surface area (Å²) in [5.41, 5.74) is 12.5. The number of rotatable bonds is 8. The third-order valence-corrected chi connectivity index (χ3v) is 11.8. The summed E-state index contributed by atoms with van der Waals surface area (Å²) >= 11 is 13.6. The second kappa shape index (κ2) is 13.1. The Balaban J connectivity index is 1.26. The van der Waals surface area contributed by atoms with Crippen LogP contribution in [0.15, 0.2) is 61.1 Å². The van der Waals surface area contributed by atoms with E-state index in [1.807, 2.05) is 82.1 Å². The molecule has 3 aromatic carbocycles. The van der Waals surface area contributed by atoms with Crippen molar-refractivity contribution in [1.82, 2.24) is 28.7 Å². The molecule has 0 unspecified atom stereocenters. The van der Waals surface area contributed by atoms with E-state index in [2.05, 4.69) is 58.5 Å². The summed E-state index contributed by atoms with van der Waals surface area (Å²) in [7, 11) is 5.91. The van der Waals surface area contributed by atoms with Crippen LogP contribution in [-0.4, -0.2) is 47.8 Å². The molecule has 11 heteroatoms. The second-order valence-electron chi connectivity index (χ2n) is 14.5. The van der Waals surface area contributed by atoms with Gasteiger partial charge in [-0.1, -0.05) is 35.3 Å². The van der Waals surface area contributed by atoms with Crippen molar-refractivity contribution >= 4 is 56.6 Å². The van der Waals surface area contributed by atoms with E-state index in [-0.39, 0.29) is 11.9 Å². The predicted molar refractivity (Wildman–Crippen MR) is 215 cm³/mol. The summed E-state index contributed by atoms with van der Waals surface area (Å²) in [6.07, 6.45) is 7.31. The highest BCUT2D eigenvalue weighted by Gasteiger charge is 2.37. The average Bonchev–Trinajstić information content (AvgIpc) is 3.86. The van der Waals surface area contributed by atoms with Gasteiger partial charge in [0.05, 0.1) is 34.7 Å². The maximum Gasteiger partial charge on any atom is 0.275 e. The lowest BCUT2D eigenvalue weighted by molar-refractivity contribution is 0.0957. The van der Waals surface area contributed by atoms with Gasteiger partial charge < -0.3 is 18.8 Å². The molecule has 7 aromatic rings. The maximum atomic E-state index is 15.2. The lowest BCUT2D eigenvalue weighted by Crippen LogP contribution is -2.42. The van der Waals surface area contributed by atoms with E-state index in [1.165, 1.54) is 0 Å². The molecule has 0 saturated carbocycles. The van der Waals surface area contributed by atoms with Gasteiger partial charge >= 0.3 is 0 Å². The number of aryl methyl sites for hydroxylation is 7. The number of amides is 1. The molecule has 1 atom stereocenters. The van der Waals surface area contributed by atoms with Crippen LogP contribution in [0.1, 0.15) is 58.0 Å². The van der Waals surface area contributed by atoms with Gasteiger partial charge in [0.15, 0.2) is 0 Å². The van der Waals surface area contributed by atoms with E-state index < -0.39 is 0 Å². The molecule has 0 radical (unpaired) electrons. The first-order chi connectivity index (χ1) is 25.3. The molecular formula is C42H43Cl2N7O2. The molecular weight excluding hydrogens is 705 g/mol. The summed E-state index contributed by atoms with van der Waals surface area (Å²) in [6.45, 7) is 11.3. The Kier molecular flexibility index (Phi) is 8.70. The molecule has 4 aromatic heterocycles. The zero-order valence-corrected chi connectivity index (χ0v) is 32.9. The van der Waals surface area contributed by atoms with Crippen LogP contribution in [-0.2, 0) is 27.6 Å². The van der Waals surface area contributed by atoms with Crippen molar-refractivity contribution in [2.24, 2.45) is 21.1 Å². The van der Waals surface area contributed by atoms with Gasteiger partial charge in [0.2, 0.25) is 0 Å². The number of fused-ring (bicyclic) bond motifs is 4. The minimum absolute atomic E-state index is 0.0276. The molecule has 1 aliphatic rings. The van der Waals surface area contributed by atoms with E-state index in [1.54, 1.807) is 4.68 Å². The molecule has 0 fully saturated rings. The van der Waals surface area contributed by atoms with Crippen molar-refractivity contribution in [3.63, 3.8) is 0 Å². The van der Waals surface area contributed by atoms with Gasteiger partial charge in [-0.3, -0.25) is 14.2 Å². The van der Waals surface area contributed by atoms with Gasteiger partial charge in [0.1, 0.15) is 11.4 Å². The Morgan fingerprint density at radius 2 is 1.66 bits per heavy atom. The van der Waals surface area contributed by atoms with Crippen LogP contribution in [0.2, 0.25) is 10.0 Å². The van der Waals surface area contributed by atoms with E-state index >= 15 is 4.79 Å². The van der Waals surface area contributed by atoms with E-state index in [0.717, 1.165) is 88.6 Å². The first-order valence-corrected chi connectivity index (χ1v) is 18.7. The minimum atomic E-state index is -0.0542. The normalized spacial score (nSPS) is 14.6. The summed E-state index contributed by atoms with van der Waals surface area (Å²) in [5.74, 6) is 0.766. The molecule has 0 bridgehead atoms. The number of benzene rings is 3. The monoisotopic (exact) mass is 747 g/mol. The smallest absolute Gasteiger partial charge is 0.275 e. The molecule has 272 valence electrons. The van der Waals surface area contributed by atoms with E-state index in [9.17, 15) is 0 Å². The summed E-state index contributed by atoms with van der Waals surface area (Å²) in [5, 5.41) is 12.6. The molecule has 5 heterocycles. The van der Waals surface area contributed by atoms with Gasteiger partial charge in [-0.2, -0.15) is 10.2 Å². The third kappa shape index (κ3) is 5.72. The second-order valence-corrected chi connectivity index (χ2v) is 15.3. The number of halogens is 2. The molecule has 9 nitrogen and oxygen atoms in total.